The number of guanidine groups is 1. The van der Waals surface area contributed by atoms with E-state index in [-0.39, 0.29) is 0 Å². The highest BCUT2D eigenvalue weighted by Gasteiger charge is 2.13. The van der Waals surface area contributed by atoms with Crippen LogP contribution in [0.4, 0.5) is 0 Å². The SMILES string of the molecule is CCC(CC)c1cc(CNC(=NC)NCC(C)c2ccccc2)on1. The molecule has 5 nitrogen and oxygen atoms in total. The van der Waals surface area contributed by atoms with Crippen LogP contribution in [-0.4, -0.2) is 24.7 Å². The van der Waals surface area contributed by atoms with Gasteiger partial charge in [-0.3, -0.25) is 4.99 Å². The van der Waals surface area contributed by atoms with E-state index in [2.05, 4.69) is 65.8 Å². The van der Waals surface area contributed by atoms with Gasteiger partial charge in [-0.05, 0) is 24.3 Å². The van der Waals surface area contributed by atoms with Crippen molar-refractivity contribution in [1.29, 1.82) is 0 Å². The average Bonchev–Trinajstić information content (AvgIpc) is 3.12. The molecule has 136 valence electrons. The predicted octanol–water partition coefficient (Wildman–Crippen LogP) is 4.05. The third kappa shape index (κ3) is 5.62. The van der Waals surface area contributed by atoms with Crippen LogP contribution in [-0.2, 0) is 6.54 Å². The van der Waals surface area contributed by atoms with Crippen molar-refractivity contribution in [2.75, 3.05) is 13.6 Å². The Labute approximate surface area is 150 Å². The first-order chi connectivity index (χ1) is 12.2. The number of nitrogens with zero attached hydrogens (tertiary/aromatic N) is 2. The van der Waals surface area contributed by atoms with Gasteiger partial charge in [0.2, 0.25) is 0 Å². The first kappa shape index (κ1) is 19.0. The molecule has 0 saturated heterocycles. The van der Waals surface area contributed by atoms with Gasteiger partial charge >= 0.3 is 0 Å². The first-order valence-corrected chi connectivity index (χ1v) is 9.12. The number of aromatic nitrogens is 1. The molecule has 2 rings (SSSR count). The molecule has 0 fully saturated rings. The molecule has 0 aliphatic heterocycles. The van der Waals surface area contributed by atoms with Gasteiger partial charge < -0.3 is 15.2 Å². The molecule has 1 heterocycles. The van der Waals surface area contributed by atoms with E-state index in [0.29, 0.717) is 18.4 Å². The van der Waals surface area contributed by atoms with E-state index in [4.69, 9.17) is 4.52 Å². The van der Waals surface area contributed by atoms with Crippen LogP contribution in [0.3, 0.4) is 0 Å². The Morgan fingerprint density at radius 3 is 2.52 bits per heavy atom. The molecule has 1 aromatic carbocycles. The van der Waals surface area contributed by atoms with Crippen molar-refractivity contribution in [3.05, 3.63) is 53.4 Å². The summed E-state index contributed by atoms with van der Waals surface area (Å²) in [5.41, 5.74) is 2.36. The maximum absolute atomic E-state index is 5.44. The van der Waals surface area contributed by atoms with Crippen LogP contribution >= 0.6 is 0 Å². The Bertz CT molecular complexity index is 647. The summed E-state index contributed by atoms with van der Waals surface area (Å²) in [6, 6.07) is 12.5. The molecule has 1 unspecified atom stereocenters. The van der Waals surface area contributed by atoms with Gasteiger partial charge in [-0.1, -0.05) is 56.3 Å². The second-order valence-electron chi connectivity index (χ2n) is 6.35. The van der Waals surface area contributed by atoms with Gasteiger partial charge in [0, 0.05) is 25.6 Å². The number of benzene rings is 1. The number of rotatable bonds is 8. The predicted molar refractivity (Wildman–Crippen MR) is 103 cm³/mol. The summed E-state index contributed by atoms with van der Waals surface area (Å²) >= 11 is 0. The van der Waals surface area contributed by atoms with E-state index < -0.39 is 0 Å². The summed E-state index contributed by atoms with van der Waals surface area (Å²) in [5.74, 6) is 2.48. The molecule has 1 atom stereocenters. The quantitative estimate of drug-likeness (QED) is 0.561. The van der Waals surface area contributed by atoms with Gasteiger partial charge in [-0.2, -0.15) is 0 Å². The van der Waals surface area contributed by atoms with Gasteiger partial charge in [0.25, 0.3) is 0 Å². The van der Waals surface area contributed by atoms with Gasteiger partial charge in [0.15, 0.2) is 11.7 Å². The molecular formula is C20H30N4O. The minimum absolute atomic E-state index is 0.409. The Balaban J connectivity index is 1.82. The number of hydrogen-bond donors (Lipinski definition) is 2. The summed E-state index contributed by atoms with van der Waals surface area (Å²) in [5, 5.41) is 10.9. The summed E-state index contributed by atoms with van der Waals surface area (Å²) < 4.78 is 5.44. The molecule has 0 amide bonds. The largest absolute Gasteiger partial charge is 0.359 e. The summed E-state index contributed by atoms with van der Waals surface area (Å²) in [4.78, 5) is 4.28. The van der Waals surface area contributed by atoms with Gasteiger partial charge in [-0.25, -0.2) is 0 Å². The molecule has 5 heteroatoms. The zero-order valence-electron chi connectivity index (χ0n) is 15.7. The van der Waals surface area contributed by atoms with E-state index in [9.17, 15) is 0 Å². The minimum atomic E-state index is 0.409. The van der Waals surface area contributed by atoms with Crippen LogP contribution in [0.1, 0.15) is 62.5 Å². The van der Waals surface area contributed by atoms with Gasteiger partial charge in [0.1, 0.15) is 0 Å². The lowest BCUT2D eigenvalue weighted by Gasteiger charge is -2.15. The lowest BCUT2D eigenvalue weighted by atomic mass is 9.99. The van der Waals surface area contributed by atoms with Crippen LogP contribution in [0.5, 0.6) is 0 Å². The van der Waals surface area contributed by atoms with Gasteiger partial charge in [0.05, 0.1) is 12.2 Å². The topological polar surface area (TPSA) is 62.5 Å². The van der Waals surface area contributed by atoms with Crippen LogP contribution < -0.4 is 10.6 Å². The van der Waals surface area contributed by atoms with Crippen molar-refractivity contribution in [3.63, 3.8) is 0 Å². The normalized spacial score (nSPS) is 13.1. The summed E-state index contributed by atoms with van der Waals surface area (Å²) in [6.45, 7) is 7.96. The Morgan fingerprint density at radius 2 is 1.88 bits per heavy atom. The molecule has 0 saturated carbocycles. The fraction of sp³-hybridized carbons (Fsp3) is 0.500. The third-order valence-corrected chi connectivity index (χ3v) is 4.58. The third-order valence-electron chi connectivity index (χ3n) is 4.58. The smallest absolute Gasteiger partial charge is 0.191 e. The number of hydrogen-bond acceptors (Lipinski definition) is 3. The minimum Gasteiger partial charge on any atom is -0.359 e. The fourth-order valence-corrected chi connectivity index (χ4v) is 2.85. The molecule has 2 N–H and O–H groups in total. The molecule has 0 bridgehead atoms. The lowest BCUT2D eigenvalue weighted by molar-refractivity contribution is 0.368. The highest BCUT2D eigenvalue weighted by atomic mass is 16.5. The van der Waals surface area contributed by atoms with E-state index in [1.54, 1.807) is 7.05 Å². The Kier molecular flexibility index (Phi) is 7.51. The monoisotopic (exact) mass is 342 g/mol. The molecule has 2 aromatic rings. The zero-order valence-corrected chi connectivity index (χ0v) is 15.7. The lowest BCUT2D eigenvalue weighted by Crippen LogP contribution is -2.38. The molecule has 0 spiro atoms. The van der Waals surface area contributed by atoms with Crippen LogP contribution in [0.15, 0.2) is 45.9 Å². The standard InChI is InChI=1S/C20H30N4O/c1-5-16(6-2)19-12-18(25-24-19)14-23-20(21-4)22-13-15(3)17-10-8-7-9-11-17/h7-12,15-16H,5-6,13-14H2,1-4H3,(H2,21,22,23). The van der Waals surface area contributed by atoms with Crippen molar-refractivity contribution in [2.45, 2.75) is 52.0 Å². The van der Waals surface area contributed by atoms with Crippen molar-refractivity contribution in [3.8, 4) is 0 Å². The molecular weight excluding hydrogens is 312 g/mol. The van der Waals surface area contributed by atoms with Crippen molar-refractivity contribution < 1.29 is 4.52 Å². The molecule has 25 heavy (non-hydrogen) atoms. The van der Waals surface area contributed by atoms with Crippen LogP contribution in [0.25, 0.3) is 0 Å². The maximum Gasteiger partial charge on any atom is 0.191 e. The van der Waals surface area contributed by atoms with Crippen molar-refractivity contribution in [1.82, 2.24) is 15.8 Å². The second kappa shape index (κ2) is 9.87. The van der Waals surface area contributed by atoms with E-state index in [1.165, 1.54) is 5.56 Å². The van der Waals surface area contributed by atoms with Gasteiger partial charge in [-0.15, -0.1) is 0 Å². The van der Waals surface area contributed by atoms with Crippen LogP contribution in [0, 0.1) is 0 Å². The van der Waals surface area contributed by atoms with Crippen LogP contribution in [0.2, 0.25) is 0 Å². The summed E-state index contributed by atoms with van der Waals surface area (Å²) in [6.07, 6.45) is 2.16. The number of nitrogens with one attached hydrogen (secondary N) is 2. The Hall–Kier alpha value is -2.30. The molecule has 1 aromatic heterocycles. The summed E-state index contributed by atoms with van der Waals surface area (Å²) in [7, 11) is 1.78. The average molecular weight is 342 g/mol. The molecule has 0 aliphatic rings. The van der Waals surface area contributed by atoms with E-state index >= 15 is 0 Å². The van der Waals surface area contributed by atoms with E-state index in [1.807, 2.05) is 12.1 Å². The van der Waals surface area contributed by atoms with Crippen molar-refractivity contribution in [2.24, 2.45) is 4.99 Å². The van der Waals surface area contributed by atoms with Crippen molar-refractivity contribution >= 4 is 5.96 Å². The first-order valence-electron chi connectivity index (χ1n) is 9.12. The fourth-order valence-electron chi connectivity index (χ4n) is 2.85. The highest BCUT2D eigenvalue weighted by molar-refractivity contribution is 5.79. The zero-order chi connectivity index (χ0) is 18.1. The highest BCUT2D eigenvalue weighted by Crippen LogP contribution is 2.22. The Morgan fingerprint density at radius 1 is 1.16 bits per heavy atom. The maximum atomic E-state index is 5.44. The number of aliphatic imine (C=N–C) groups is 1. The van der Waals surface area contributed by atoms with E-state index in [0.717, 1.165) is 36.8 Å². The molecule has 0 radical (unpaired) electrons. The second-order valence-corrected chi connectivity index (χ2v) is 6.35. The molecule has 0 aliphatic carbocycles.